The van der Waals surface area contributed by atoms with E-state index in [0.29, 0.717) is 25.7 Å². The molecule has 5 heteroatoms. The summed E-state index contributed by atoms with van der Waals surface area (Å²) in [5.41, 5.74) is 1.46. The molecule has 1 saturated carbocycles. The third-order valence-corrected chi connectivity index (χ3v) is 5.20. The van der Waals surface area contributed by atoms with Crippen LogP contribution in [0.5, 0.6) is 0 Å². The summed E-state index contributed by atoms with van der Waals surface area (Å²) in [5, 5.41) is 3.18. The molecule has 0 unspecified atom stereocenters. The average Bonchev–Trinajstić information content (AvgIpc) is 2.63. The van der Waals surface area contributed by atoms with Gasteiger partial charge < -0.3 is 15.0 Å². The highest BCUT2D eigenvalue weighted by Gasteiger charge is 2.21. The van der Waals surface area contributed by atoms with E-state index in [4.69, 9.17) is 4.74 Å². The average molecular weight is 351 g/mol. The van der Waals surface area contributed by atoms with Gasteiger partial charge in [-0.3, -0.25) is 4.79 Å². The molecular weight excluding hydrogens is 316 g/mol. The third-order valence-electron chi connectivity index (χ3n) is 5.20. The first kappa shape index (κ1) is 19.8. The molecule has 2 rings (SSSR count). The van der Waals surface area contributed by atoms with Crippen LogP contribution in [0.25, 0.3) is 0 Å². The van der Waals surface area contributed by atoms with E-state index in [1.54, 1.807) is 11.8 Å². The molecule has 2 amide bonds. The van der Waals surface area contributed by atoms with E-state index in [0.717, 1.165) is 32.1 Å². The number of esters is 1. The molecule has 0 spiro atoms. The molecule has 2 aliphatic rings. The molecule has 0 aromatic carbocycles. The topological polar surface area (TPSA) is 58.6 Å². The fourth-order valence-corrected chi connectivity index (χ4v) is 3.70. The lowest BCUT2D eigenvalue weighted by Gasteiger charge is -2.29. The van der Waals surface area contributed by atoms with E-state index in [1.165, 1.54) is 37.7 Å². The van der Waals surface area contributed by atoms with Gasteiger partial charge >= 0.3 is 12.0 Å². The van der Waals surface area contributed by atoms with Crippen molar-refractivity contribution in [3.05, 3.63) is 11.6 Å². The van der Waals surface area contributed by atoms with Crippen molar-refractivity contribution in [2.24, 2.45) is 0 Å². The van der Waals surface area contributed by atoms with Crippen molar-refractivity contribution in [1.82, 2.24) is 10.2 Å². The zero-order valence-corrected chi connectivity index (χ0v) is 15.7. The van der Waals surface area contributed by atoms with E-state index in [9.17, 15) is 9.59 Å². The third kappa shape index (κ3) is 7.49. The maximum absolute atomic E-state index is 12.7. The number of carbonyl (C=O) groups is 2. The lowest BCUT2D eigenvalue weighted by Crippen LogP contribution is -2.46. The second-order valence-corrected chi connectivity index (χ2v) is 7.18. The standard InChI is InChI=1S/C20H34N2O3/c1-2-25-19(23)14-16-22(15-13-17-9-5-3-6-10-17)20(24)21-18-11-7-4-8-12-18/h9,18H,2-8,10-16H2,1H3,(H,21,24). The van der Waals surface area contributed by atoms with Gasteiger partial charge in [0.1, 0.15) is 0 Å². The lowest BCUT2D eigenvalue weighted by atomic mass is 9.95. The summed E-state index contributed by atoms with van der Waals surface area (Å²) in [6, 6.07) is 0.271. The van der Waals surface area contributed by atoms with Crippen molar-refractivity contribution < 1.29 is 14.3 Å². The smallest absolute Gasteiger partial charge is 0.317 e. The molecule has 142 valence electrons. The number of rotatable bonds is 8. The van der Waals surface area contributed by atoms with Crippen LogP contribution >= 0.6 is 0 Å². The van der Waals surface area contributed by atoms with Gasteiger partial charge in [0.05, 0.1) is 13.0 Å². The van der Waals surface area contributed by atoms with Crippen LogP contribution in [-0.2, 0) is 9.53 Å². The Morgan fingerprint density at radius 1 is 1.16 bits per heavy atom. The number of amides is 2. The molecule has 0 atom stereocenters. The predicted octanol–water partition coefficient (Wildman–Crippen LogP) is 4.17. The molecule has 5 nitrogen and oxygen atoms in total. The molecule has 2 aliphatic carbocycles. The van der Waals surface area contributed by atoms with Gasteiger partial charge in [-0.1, -0.05) is 30.9 Å². The Balaban J connectivity index is 1.85. The van der Waals surface area contributed by atoms with Crippen molar-refractivity contribution in [2.75, 3.05) is 19.7 Å². The van der Waals surface area contributed by atoms with Gasteiger partial charge in [-0.15, -0.1) is 0 Å². The Morgan fingerprint density at radius 2 is 1.96 bits per heavy atom. The number of carbonyl (C=O) groups excluding carboxylic acids is 2. The Bertz CT molecular complexity index is 456. The van der Waals surface area contributed by atoms with Crippen molar-refractivity contribution in [1.29, 1.82) is 0 Å². The first-order valence-electron chi connectivity index (χ1n) is 10.1. The fourth-order valence-electron chi connectivity index (χ4n) is 3.70. The van der Waals surface area contributed by atoms with Gasteiger partial charge in [-0.2, -0.15) is 0 Å². The molecule has 1 fully saturated rings. The molecule has 0 bridgehead atoms. The van der Waals surface area contributed by atoms with Crippen LogP contribution in [0.15, 0.2) is 11.6 Å². The van der Waals surface area contributed by atoms with E-state index >= 15 is 0 Å². The van der Waals surface area contributed by atoms with Crippen LogP contribution in [0, 0.1) is 0 Å². The van der Waals surface area contributed by atoms with Crippen LogP contribution in [0.2, 0.25) is 0 Å². The molecule has 25 heavy (non-hydrogen) atoms. The summed E-state index contributed by atoms with van der Waals surface area (Å²) in [6.07, 6.45) is 14.2. The van der Waals surface area contributed by atoms with E-state index in [1.807, 2.05) is 0 Å². The van der Waals surface area contributed by atoms with Crippen LogP contribution in [0.1, 0.15) is 77.6 Å². The molecular formula is C20H34N2O3. The van der Waals surface area contributed by atoms with Gasteiger partial charge in [0, 0.05) is 19.1 Å². The highest BCUT2D eigenvalue weighted by Crippen LogP contribution is 2.21. The van der Waals surface area contributed by atoms with E-state index in [2.05, 4.69) is 11.4 Å². The summed E-state index contributed by atoms with van der Waals surface area (Å²) in [7, 11) is 0. The Kier molecular flexibility index (Phi) is 8.84. The maximum Gasteiger partial charge on any atom is 0.317 e. The number of nitrogens with one attached hydrogen (secondary N) is 1. The largest absolute Gasteiger partial charge is 0.466 e. The van der Waals surface area contributed by atoms with Gasteiger partial charge in [-0.25, -0.2) is 4.79 Å². The minimum Gasteiger partial charge on any atom is -0.466 e. The van der Waals surface area contributed by atoms with Gasteiger partial charge in [0.2, 0.25) is 0 Å². The monoisotopic (exact) mass is 350 g/mol. The lowest BCUT2D eigenvalue weighted by molar-refractivity contribution is -0.143. The number of hydrogen-bond donors (Lipinski definition) is 1. The van der Waals surface area contributed by atoms with Crippen molar-refractivity contribution in [2.45, 2.75) is 83.6 Å². The molecule has 0 saturated heterocycles. The number of ether oxygens (including phenoxy) is 1. The van der Waals surface area contributed by atoms with Gasteiger partial charge in [-0.05, 0) is 51.9 Å². The summed E-state index contributed by atoms with van der Waals surface area (Å²) in [6.45, 7) is 3.31. The maximum atomic E-state index is 12.7. The van der Waals surface area contributed by atoms with Crippen LogP contribution in [0.3, 0.4) is 0 Å². The fraction of sp³-hybridized carbons (Fsp3) is 0.800. The van der Waals surface area contributed by atoms with Crippen molar-refractivity contribution >= 4 is 12.0 Å². The van der Waals surface area contributed by atoms with Crippen LogP contribution in [0.4, 0.5) is 4.79 Å². The minimum absolute atomic E-state index is 0.0207. The Labute approximate surface area is 152 Å². The normalized spacial score (nSPS) is 18.4. The molecule has 0 heterocycles. The summed E-state index contributed by atoms with van der Waals surface area (Å²) >= 11 is 0. The molecule has 0 aliphatic heterocycles. The zero-order valence-electron chi connectivity index (χ0n) is 15.7. The summed E-state index contributed by atoms with van der Waals surface area (Å²) in [5.74, 6) is -0.227. The van der Waals surface area contributed by atoms with E-state index in [-0.39, 0.29) is 18.4 Å². The second kappa shape index (κ2) is 11.2. The second-order valence-electron chi connectivity index (χ2n) is 7.18. The van der Waals surface area contributed by atoms with Crippen LogP contribution < -0.4 is 5.32 Å². The number of nitrogens with zero attached hydrogens (tertiary/aromatic N) is 1. The number of urea groups is 1. The summed E-state index contributed by atoms with van der Waals surface area (Å²) in [4.78, 5) is 26.2. The predicted molar refractivity (Wildman–Crippen MR) is 99.4 cm³/mol. The first-order chi connectivity index (χ1) is 12.2. The van der Waals surface area contributed by atoms with Gasteiger partial charge in [0.25, 0.3) is 0 Å². The zero-order chi connectivity index (χ0) is 17.9. The summed E-state index contributed by atoms with van der Waals surface area (Å²) < 4.78 is 5.01. The van der Waals surface area contributed by atoms with Crippen LogP contribution in [-0.4, -0.2) is 42.6 Å². The Morgan fingerprint density at radius 3 is 2.64 bits per heavy atom. The molecule has 1 N–H and O–H groups in total. The molecule has 0 aromatic rings. The number of allylic oxidation sites excluding steroid dienone is 1. The first-order valence-corrected chi connectivity index (χ1v) is 10.1. The Hall–Kier alpha value is -1.52. The quantitative estimate of drug-likeness (QED) is 0.528. The van der Waals surface area contributed by atoms with Crippen molar-refractivity contribution in [3.8, 4) is 0 Å². The van der Waals surface area contributed by atoms with Crippen molar-refractivity contribution in [3.63, 3.8) is 0 Å². The van der Waals surface area contributed by atoms with E-state index < -0.39 is 0 Å². The highest BCUT2D eigenvalue weighted by molar-refractivity contribution is 5.76. The molecule has 0 aromatic heterocycles. The van der Waals surface area contributed by atoms with Gasteiger partial charge in [0.15, 0.2) is 0 Å². The molecule has 0 radical (unpaired) electrons. The highest BCUT2D eigenvalue weighted by atomic mass is 16.5. The number of hydrogen-bond acceptors (Lipinski definition) is 3. The minimum atomic E-state index is -0.227. The SMILES string of the molecule is CCOC(=O)CCN(CCC1=CCCCC1)C(=O)NC1CCCCC1.